The van der Waals surface area contributed by atoms with Gasteiger partial charge in [-0.2, -0.15) is 0 Å². The molecule has 0 amide bonds. The van der Waals surface area contributed by atoms with Crippen molar-refractivity contribution in [1.82, 2.24) is 0 Å². The number of hydrogen-bond donors (Lipinski definition) is 1. The fourth-order valence-electron chi connectivity index (χ4n) is 0.908. The van der Waals surface area contributed by atoms with Gasteiger partial charge in [0.25, 0.3) is 0 Å². The number of aryl methyl sites for hydroxylation is 1. The minimum Gasteiger partial charge on any atom is -0.298 e. The topological polar surface area (TPSA) is 43.1 Å². The van der Waals surface area contributed by atoms with Crippen LogP contribution in [-0.2, 0) is 0 Å². The molecule has 1 aromatic rings. The highest BCUT2D eigenvalue weighted by Crippen LogP contribution is 2.18. The van der Waals surface area contributed by atoms with E-state index in [1.165, 1.54) is 0 Å². The first-order chi connectivity index (χ1) is 5.29. The van der Waals surface area contributed by atoms with Gasteiger partial charge >= 0.3 is 0 Å². The molecule has 58 valence electrons. The van der Waals surface area contributed by atoms with Crippen LogP contribution in [0, 0.1) is 6.92 Å². The van der Waals surface area contributed by atoms with Crippen molar-refractivity contribution in [3.05, 3.63) is 29.3 Å². The normalized spacial score (nSPS) is 9.64. The lowest BCUT2D eigenvalue weighted by atomic mass is 10.1. The smallest absolute Gasteiger partial charge is 0.151 e. The Bertz CT molecular complexity index is 273. The number of nitrogens with two attached hydrogens (primary N) is 1. The molecule has 0 aliphatic heterocycles. The van der Waals surface area contributed by atoms with Crippen LogP contribution in [0.2, 0.25) is 0 Å². The van der Waals surface area contributed by atoms with Crippen LogP contribution in [0.5, 0.6) is 0 Å². The van der Waals surface area contributed by atoms with Crippen LogP contribution in [0.25, 0.3) is 0 Å². The zero-order valence-electron chi connectivity index (χ0n) is 6.20. The van der Waals surface area contributed by atoms with Crippen molar-refractivity contribution in [2.45, 2.75) is 11.8 Å². The highest BCUT2D eigenvalue weighted by Gasteiger charge is 2.01. The summed E-state index contributed by atoms with van der Waals surface area (Å²) in [6, 6.07) is 5.61. The van der Waals surface area contributed by atoms with Crippen LogP contribution in [0.4, 0.5) is 0 Å². The van der Waals surface area contributed by atoms with Crippen molar-refractivity contribution in [2.75, 3.05) is 0 Å². The molecule has 1 aromatic carbocycles. The number of rotatable bonds is 2. The molecule has 0 aliphatic carbocycles. The molecule has 0 spiro atoms. The third-order valence-corrected chi connectivity index (χ3v) is 2.14. The Morgan fingerprint density at radius 3 is 2.73 bits per heavy atom. The lowest BCUT2D eigenvalue weighted by molar-refractivity contribution is 0.112. The molecule has 0 saturated carbocycles. The summed E-state index contributed by atoms with van der Waals surface area (Å²) < 4.78 is 0. The Hall–Kier alpha value is -0.800. The number of aldehydes is 1. The van der Waals surface area contributed by atoms with Crippen LogP contribution in [0.3, 0.4) is 0 Å². The number of benzene rings is 1. The summed E-state index contributed by atoms with van der Waals surface area (Å²) in [7, 11) is 0. The van der Waals surface area contributed by atoms with Gasteiger partial charge in [0.2, 0.25) is 0 Å². The summed E-state index contributed by atoms with van der Waals surface area (Å²) in [4.78, 5) is 11.4. The number of hydrogen-bond acceptors (Lipinski definition) is 3. The van der Waals surface area contributed by atoms with Crippen LogP contribution < -0.4 is 5.14 Å². The quantitative estimate of drug-likeness (QED) is 0.539. The first-order valence-electron chi connectivity index (χ1n) is 3.21. The molecular weight excluding hydrogens is 158 g/mol. The zero-order chi connectivity index (χ0) is 8.27. The molecule has 0 unspecified atom stereocenters. The van der Waals surface area contributed by atoms with E-state index in [0.717, 1.165) is 28.7 Å². The van der Waals surface area contributed by atoms with E-state index in [2.05, 4.69) is 0 Å². The molecule has 0 bridgehead atoms. The fraction of sp³-hybridized carbons (Fsp3) is 0.125. The van der Waals surface area contributed by atoms with Crippen LogP contribution in [0.1, 0.15) is 15.9 Å². The highest BCUT2D eigenvalue weighted by molar-refractivity contribution is 7.97. The molecule has 0 heterocycles. The predicted molar refractivity (Wildman–Crippen MR) is 46.6 cm³/mol. The van der Waals surface area contributed by atoms with E-state index in [0.29, 0.717) is 5.56 Å². The second kappa shape index (κ2) is 3.55. The maximum atomic E-state index is 10.5. The standard InChI is InChI=1S/C8H9NOS/c1-6-3-2-4-8(11-9)7(6)5-10/h2-5H,9H2,1H3. The summed E-state index contributed by atoms with van der Waals surface area (Å²) in [6.07, 6.45) is 0.838. The predicted octanol–water partition coefficient (Wildman–Crippen LogP) is 1.77. The van der Waals surface area contributed by atoms with Crippen molar-refractivity contribution in [2.24, 2.45) is 5.14 Å². The minimum atomic E-state index is 0.694. The minimum absolute atomic E-state index is 0.694. The van der Waals surface area contributed by atoms with Gasteiger partial charge in [-0.3, -0.25) is 9.93 Å². The zero-order valence-corrected chi connectivity index (χ0v) is 7.02. The first-order valence-corrected chi connectivity index (χ1v) is 4.09. The highest BCUT2D eigenvalue weighted by atomic mass is 32.2. The Morgan fingerprint density at radius 2 is 2.27 bits per heavy atom. The molecule has 0 saturated heterocycles. The molecule has 0 fully saturated rings. The van der Waals surface area contributed by atoms with E-state index in [1.54, 1.807) is 0 Å². The summed E-state index contributed by atoms with van der Waals surface area (Å²) in [5.74, 6) is 0. The third kappa shape index (κ3) is 1.61. The Balaban J connectivity index is 3.24. The van der Waals surface area contributed by atoms with Crippen LogP contribution >= 0.6 is 11.9 Å². The molecule has 0 aliphatic rings. The molecule has 0 aromatic heterocycles. The summed E-state index contributed by atoms with van der Waals surface area (Å²) in [5.41, 5.74) is 1.66. The van der Waals surface area contributed by atoms with Gasteiger partial charge in [0.15, 0.2) is 6.29 Å². The fourth-order valence-corrected chi connectivity index (χ4v) is 1.40. The Labute approximate surface area is 69.9 Å². The van der Waals surface area contributed by atoms with Crippen molar-refractivity contribution in [3.8, 4) is 0 Å². The van der Waals surface area contributed by atoms with Gasteiger partial charge in [0.05, 0.1) is 0 Å². The van der Waals surface area contributed by atoms with E-state index in [9.17, 15) is 4.79 Å². The maximum absolute atomic E-state index is 10.5. The van der Waals surface area contributed by atoms with Crippen molar-refractivity contribution in [1.29, 1.82) is 0 Å². The van der Waals surface area contributed by atoms with Gasteiger partial charge in [-0.25, -0.2) is 0 Å². The average molecular weight is 167 g/mol. The lowest BCUT2D eigenvalue weighted by Crippen LogP contribution is -1.91. The third-order valence-electron chi connectivity index (χ3n) is 1.53. The Kier molecular flexibility index (Phi) is 2.68. The molecule has 0 radical (unpaired) electrons. The number of carbonyl (C=O) groups is 1. The molecule has 2 nitrogen and oxygen atoms in total. The van der Waals surface area contributed by atoms with Crippen molar-refractivity contribution in [3.63, 3.8) is 0 Å². The van der Waals surface area contributed by atoms with Gasteiger partial charge in [-0.05, 0) is 30.5 Å². The van der Waals surface area contributed by atoms with E-state index >= 15 is 0 Å². The molecule has 0 atom stereocenters. The summed E-state index contributed by atoms with van der Waals surface area (Å²) in [5, 5.41) is 5.35. The van der Waals surface area contributed by atoms with Gasteiger partial charge in [0.1, 0.15) is 0 Å². The lowest BCUT2D eigenvalue weighted by Gasteiger charge is -2.02. The van der Waals surface area contributed by atoms with Crippen molar-refractivity contribution >= 4 is 18.2 Å². The summed E-state index contributed by atoms with van der Waals surface area (Å²) >= 11 is 1.10. The molecule has 3 heteroatoms. The van der Waals surface area contributed by atoms with E-state index in [-0.39, 0.29) is 0 Å². The van der Waals surface area contributed by atoms with Gasteiger partial charge in [0, 0.05) is 10.5 Å². The molecule has 11 heavy (non-hydrogen) atoms. The Morgan fingerprint density at radius 1 is 1.55 bits per heavy atom. The molecule has 1 rings (SSSR count). The van der Waals surface area contributed by atoms with Crippen LogP contribution in [-0.4, -0.2) is 6.29 Å². The monoisotopic (exact) mass is 167 g/mol. The van der Waals surface area contributed by atoms with Crippen LogP contribution in [0.15, 0.2) is 23.1 Å². The second-order valence-corrected chi connectivity index (χ2v) is 2.90. The van der Waals surface area contributed by atoms with E-state index < -0.39 is 0 Å². The summed E-state index contributed by atoms with van der Waals surface area (Å²) in [6.45, 7) is 1.89. The van der Waals surface area contributed by atoms with Crippen molar-refractivity contribution < 1.29 is 4.79 Å². The largest absolute Gasteiger partial charge is 0.298 e. The SMILES string of the molecule is Cc1cccc(SN)c1C=O. The van der Waals surface area contributed by atoms with Gasteiger partial charge in [-0.1, -0.05) is 12.1 Å². The van der Waals surface area contributed by atoms with E-state index in [4.69, 9.17) is 5.14 Å². The van der Waals surface area contributed by atoms with Gasteiger partial charge < -0.3 is 0 Å². The molecular formula is C8H9NOS. The van der Waals surface area contributed by atoms with Gasteiger partial charge in [-0.15, -0.1) is 0 Å². The average Bonchev–Trinajstić information content (AvgIpc) is 2.04. The maximum Gasteiger partial charge on any atom is 0.151 e. The number of carbonyl (C=O) groups excluding carboxylic acids is 1. The first kappa shape index (κ1) is 8.30. The molecule has 2 N–H and O–H groups in total. The van der Waals surface area contributed by atoms with E-state index in [1.807, 2.05) is 25.1 Å². The second-order valence-electron chi connectivity index (χ2n) is 2.22.